The second-order valence-electron chi connectivity index (χ2n) is 6.11. The Bertz CT molecular complexity index is 822. The molecule has 1 aromatic carbocycles. The lowest BCUT2D eigenvalue weighted by molar-refractivity contribution is -0.120. The summed E-state index contributed by atoms with van der Waals surface area (Å²) in [5.41, 5.74) is 1.71. The topological polar surface area (TPSA) is 63.2 Å². The van der Waals surface area contributed by atoms with Crippen molar-refractivity contribution >= 4 is 44.8 Å². The third kappa shape index (κ3) is 4.82. The predicted molar refractivity (Wildman–Crippen MR) is 106 cm³/mol. The number of thiazole rings is 1. The molecule has 1 aliphatic heterocycles. The number of allylic oxidation sites excluding steroid dienone is 1. The molecule has 1 amide bonds. The molecule has 1 aliphatic rings. The molecule has 0 saturated carbocycles. The van der Waals surface area contributed by atoms with Crippen molar-refractivity contribution in [3.8, 4) is 0 Å². The van der Waals surface area contributed by atoms with Crippen LogP contribution in [0.1, 0.15) is 24.8 Å². The van der Waals surface area contributed by atoms with Crippen LogP contribution in [-0.2, 0) is 9.53 Å². The van der Waals surface area contributed by atoms with E-state index >= 15 is 0 Å². The molecule has 2 heterocycles. The number of nitrogens with zero attached hydrogens (tertiary/aromatic N) is 1. The molecule has 1 unspecified atom stereocenters. The van der Waals surface area contributed by atoms with Gasteiger partial charge in [-0.25, -0.2) is 9.37 Å². The fraction of sp³-hybridized carbons (Fsp3) is 0.444. The van der Waals surface area contributed by atoms with E-state index in [1.165, 1.54) is 23.5 Å². The van der Waals surface area contributed by atoms with E-state index in [9.17, 15) is 9.18 Å². The Morgan fingerprint density at radius 1 is 1.42 bits per heavy atom. The van der Waals surface area contributed by atoms with Crippen LogP contribution < -0.4 is 10.6 Å². The molecule has 1 aromatic heterocycles. The molecular formula is C18H22FN3O2S2. The Labute approximate surface area is 160 Å². The summed E-state index contributed by atoms with van der Waals surface area (Å²) in [4.78, 5) is 16.8. The van der Waals surface area contributed by atoms with E-state index in [2.05, 4.69) is 22.5 Å². The minimum Gasteiger partial charge on any atom is -0.383 e. The van der Waals surface area contributed by atoms with Gasteiger partial charge in [0, 0.05) is 43.5 Å². The molecule has 1 atom stereocenters. The number of thioether (sulfide) groups is 1. The summed E-state index contributed by atoms with van der Waals surface area (Å²) in [5.74, 6) is -0.303. The van der Waals surface area contributed by atoms with Gasteiger partial charge < -0.3 is 15.4 Å². The van der Waals surface area contributed by atoms with Crippen molar-refractivity contribution in [2.24, 2.45) is 0 Å². The lowest BCUT2D eigenvalue weighted by Crippen LogP contribution is -2.28. The van der Waals surface area contributed by atoms with E-state index in [1.807, 2.05) is 0 Å². The van der Waals surface area contributed by atoms with Crippen LogP contribution in [0.15, 0.2) is 23.2 Å². The summed E-state index contributed by atoms with van der Waals surface area (Å²) >= 11 is 3.19. The van der Waals surface area contributed by atoms with Crippen molar-refractivity contribution in [3.05, 3.63) is 34.1 Å². The van der Waals surface area contributed by atoms with Crippen molar-refractivity contribution in [1.82, 2.24) is 15.6 Å². The highest BCUT2D eigenvalue weighted by molar-refractivity contribution is 8.04. The van der Waals surface area contributed by atoms with Gasteiger partial charge in [-0.3, -0.25) is 4.79 Å². The molecule has 2 aromatic rings. The van der Waals surface area contributed by atoms with Crippen LogP contribution in [0.3, 0.4) is 0 Å². The number of hydrogen-bond acceptors (Lipinski definition) is 6. The van der Waals surface area contributed by atoms with Crippen LogP contribution >= 0.6 is 23.1 Å². The van der Waals surface area contributed by atoms with Crippen LogP contribution in [0.2, 0.25) is 0 Å². The fourth-order valence-corrected chi connectivity index (χ4v) is 4.92. The van der Waals surface area contributed by atoms with Crippen molar-refractivity contribution in [3.63, 3.8) is 0 Å². The smallest absolute Gasteiger partial charge is 0.226 e. The molecule has 0 radical (unpaired) electrons. The number of rotatable bonds is 8. The van der Waals surface area contributed by atoms with Gasteiger partial charge in [0.1, 0.15) is 10.8 Å². The van der Waals surface area contributed by atoms with Gasteiger partial charge in [0.05, 0.1) is 21.9 Å². The van der Waals surface area contributed by atoms with Crippen LogP contribution in [0.25, 0.3) is 15.8 Å². The number of ether oxygens (including phenoxy) is 1. The molecule has 5 nitrogen and oxygen atoms in total. The molecule has 0 fully saturated rings. The Morgan fingerprint density at radius 3 is 3.08 bits per heavy atom. The van der Waals surface area contributed by atoms with Crippen LogP contribution in [0, 0.1) is 5.82 Å². The second-order valence-corrected chi connectivity index (χ2v) is 8.59. The van der Waals surface area contributed by atoms with E-state index < -0.39 is 0 Å². The average Bonchev–Trinajstić information content (AvgIpc) is 3.17. The molecular weight excluding hydrogens is 373 g/mol. The number of fused-ring (bicyclic) bond motifs is 1. The van der Waals surface area contributed by atoms with E-state index in [4.69, 9.17) is 4.74 Å². The van der Waals surface area contributed by atoms with Gasteiger partial charge in [-0.1, -0.05) is 6.92 Å². The first kappa shape index (κ1) is 19.3. The first-order chi connectivity index (χ1) is 12.6. The van der Waals surface area contributed by atoms with Crippen LogP contribution in [0.4, 0.5) is 4.39 Å². The highest BCUT2D eigenvalue weighted by Gasteiger charge is 2.26. The number of hydrogen-bond donors (Lipinski definition) is 2. The molecule has 26 heavy (non-hydrogen) atoms. The molecule has 0 bridgehead atoms. The van der Waals surface area contributed by atoms with Crippen molar-refractivity contribution in [2.45, 2.75) is 25.0 Å². The third-order valence-corrected chi connectivity index (χ3v) is 6.21. The van der Waals surface area contributed by atoms with E-state index in [0.717, 1.165) is 33.3 Å². The Hall–Kier alpha value is -1.48. The summed E-state index contributed by atoms with van der Waals surface area (Å²) in [6.45, 7) is 4.09. The molecule has 0 spiro atoms. The van der Waals surface area contributed by atoms with E-state index in [0.29, 0.717) is 30.3 Å². The second kappa shape index (κ2) is 8.94. The minimum atomic E-state index is -0.285. The summed E-state index contributed by atoms with van der Waals surface area (Å²) in [6.07, 6.45) is 1.25. The highest BCUT2D eigenvalue weighted by Crippen LogP contribution is 2.43. The lowest BCUT2D eigenvalue weighted by Gasteiger charge is -2.08. The van der Waals surface area contributed by atoms with Crippen molar-refractivity contribution < 1.29 is 13.9 Å². The van der Waals surface area contributed by atoms with Gasteiger partial charge in [0.2, 0.25) is 5.91 Å². The maximum atomic E-state index is 13.4. The number of halogens is 1. The predicted octanol–water partition coefficient (Wildman–Crippen LogP) is 3.37. The van der Waals surface area contributed by atoms with E-state index in [1.54, 1.807) is 24.9 Å². The number of aromatic nitrogens is 1. The summed E-state index contributed by atoms with van der Waals surface area (Å²) < 4.78 is 19.3. The van der Waals surface area contributed by atoms with Crippen molar-refractivity contribution in [2.75, 3.05) is 26.8 Å². The maximum Gasteiger partial charge on any atom is 0.226 e. The molecule has 0 saturated heterocycles. The van der Waals surface area contributed by atoms with Gasteiger partial charge in [0.25, 0.3) is 0 Å². The number of benzene rings is 1. The summed E-state index contributed by atoms with van der Waals surface area (Å²) in [7, 11) is 1.65. The molecule has 3 rings (SSSR count). The average molecular weight is 396 g/mol. The van der Waals surface area contributed by atoms with Gasteiger partial charge >= 0.3 is 0 Å². The first-order valence-electron chi connectivity index (χ1n) is 8.52. The first-order valence-corrected chi connectivity index (χ1v) is 10.2. The third-order valence-electron chi connectivity index (χ3n) is 3.96. The summed E-state index contributed by atoms with van der Waals surface area (Å²) in [6, 6.07) is 4.65. The molecule has 140 valence electrons. The Balaban J connectivity index is 1.69. The zero-order valence-corrected chi connectivity index (χ0v) is 16.4. The van der Waals surface area contributed by atoms with Gasteiger partial charge in [-0.2, -0.15) is 0 Å². The zero-order chi connectivity index (χ0) is 18.5. The number of carbonyl (C=O) groups is 1. The summed E-state index contributed by atoms with van der Waals surface area (Å²) in [5, 5.41) is 8.30. The molecule has 0 aliphatic carbocycles. The van der Waals surface area contributed by atoms with Crippen LogP contribution in [0.5, 0.6) is 0 Å². The molecule has 2 N–H and O–H groups in total. The van der Waals surface area contributed by atoms with Gasteiger partial charge in [-0.15, -0.1) is 23.1 Å². The number of nitrogens with one attached hydrogen (secondary N) is 2. The van der Waals surface area contributed by atoms with E-state index in [-0.39, 0.29) is 11.7 Å². The number of amides is 1. The minimum absolute atomic E-state index is 0.0174. The fourth-order valence-electron chi connectivity index (χ4n) is 2.70. The largest absolute Gasteiger partial charge is 0.383 e. The van der Waals surface area contributed by atoms with Gasteiger partial charge in [0.15, 0.2) is 0 Å². The monoisotopic (exact) mass is 395 g/mol. The van der Waals surface area contributed by atoms with Gasteiger partial charge in [-0.05, 0) is 18.6 Å². The number of methoxy groups -OCH3 is 1. The zero-order valence-electron chi connectivity index (χ0n) is 14.8. The molecule has 8 heteroatoms. The Morgan fingerprint density at radius 2 is 2.27 bits per heavy atom. The van der Waals surface area contributed by atoms with Crippen molar-refractivity contribution in [1.29, 1.82) is 0 Å². The highest BCUT2D eigenvalue weighted by atomic mass is 32.2. The Kier molecular flexibility index (Phi) is 6.63. The normalized spacial score (nSPS) is 17.3. The van der Waals surface area contributed by atoms with Crippen LogP contribution in [-0.4, -0.2) is 42.9 Å². The number of carbonyl (C=O) groups excluding carboxylic acids is 1. The quantitative estimate of drug-likeness (QED) is 0.671. The lowest BCUT2D eigenvalue weighted by atomic mass is 10.2. The standard InChI is InChI=1S/C18H22FN3O2S2/c1-11-9-13(17-21-14-10-12(19)3-4-15(14)26-17)18(25-11)22-16(23)5-6-20-7-8-24-2/h3-4,10-11,20H,5-9H2,1-2H3,(H,22,23). The SMILES string of the molecule is COCCNCCC(=O)NC1=C(c2nc3cc(F)ccc3s2)CC(C)S1. The maximum absolute atomic E-state index is 13.4.